The minimum absolute atomic E-state index is 0.186. The average molecular weight is 270 g/mol. The number of likely N-dealkylation sites (tertiary alicyclic amines) is 1. The Labute approximate surface area is 120 Å². The molecule has 19 heavy (non-hydrogen) atoms. The largest absolute Gasteiger partial charge is 0.380 e. The third-order valence-corrected chi connectivity index (χ3v) is 3.59. The molecule has 1 saturated heterocycles. The van der Waals surface area contributed by atoms with Crippen molar-refractivity contribution in [2.45, 2.75) is 59.4 Å². The zero-order chi connectivity index (χ0) is 14.4. The van der Waals surface area contributed by atoms with E-state index in [0.717, 1.165) is 26.3 Å². The van der Waals surface area contributed by atoms with Gasteiger partial charge < -0.3 is 15.0 Å². The molecule has 1 fully saturated rings. The second-order valence-corrected chi connectivity index (χ2v) is 7.72. The van der Waals surface area contributed by atoms with Crippen LogP contribution in [0.2, 0.25) is 0 Å². The van der Waals surface area contributed by atoms with Crippen molar-refractivity contribution in [3.05, 3.63) is 0 Å². The molecule has 0 atom stereocenters. The maximum absolute atomic E-state index is 5.88. The van der Waals surface area contributed by atoms with Crippen LogP contribution < -0.4 is 5.32 Å². The van der Waals surface area contributed by atoms with Gasteiger partial charge in [0.2, 0.25) is 0 Å². The monoisotopic (exact) mass is 270 g/mol. The van der Waals surface area contributed by atoms with Gasteiger partial charge in [-0.05, 0) is 46.7 Å². The number of hydrogen-bond acceptors (Lipinski definition) is 3. The summed E-state index contributed by atoms with van der Waals surface area (Å²) in [6.45, 7) is 17.5. The summed E-state index contributed by atoms with van der Waals surface area (Å²) in [4.78, 5) is 2.53. The first-order valence-electron chi connectivity index (χ1n) is 7.84. The fraction of sp³-hybridized carbons (Fsp3) is 1.00. The molecule has 114 valence electrons. The number of hydrogen-bond donors (Lipinski definition) is 1. The zero-order valence-electron chi connectivity index (χ0n) is 13.7. The molecule has 0 bridgehead atoms. The average Bonchev–Trinajstić information content (AvgIpc) is 2.33. The Balaban J connectivity index is 2.09. The second-order valence-electron chi connectivity index (χ2n) is 7.72. The molecule has 1 N–H and O–H groups in total. The van der Waals surface area contributed by atoms with Crippen molar-refractivity contribution < 1.29 is 4.74 Å². The predicted octanol–water partition coefficient (Wildman–Crippen LogP) is 2.90. The third kappa shape index (κ3) is 8.61. The quantitative estimate of drug-likeness (QED) is 0.720. The number of ether oxygens (including phenoxy) is 1. The molecule has 1 aliphatic heterocycles. The fourth-order valence-electron chi connectivity index (χ4n) is 2.28. The van der Waals surface area contributed by atoms with Gasteiger partial charge in [0.25, 0.3) is 0 Å². The predicted molar refractivity (Wildman–Crippen MR) is 82.6 cm³/mol. The lowest BCUT2D eigenvalue weighted by Gasteiger charge is -2.31. The molecule has 1 aliphatic rings. The maximum atomic E-state index is 5.88. The molecule has 0 aromatic heterocycles. The second kappa shape index (κ2) is 7.61. The molecule has 0 aliphatic carbocycles. The molecular formula is C16H34N2O. The van der Waals surface area contributed by atoms with Crippen molar-refractivity contribution >= 4 is 0 Å². The molecule has 0 aromatic rings. The van der Waals surface area contributed by atoms with Gasteiger partial charge in [-0.2, -0.15) is 0 Å². The normalized spacial score (nSPS) is 18.8. The van der Waals surface area contributed by atoms with Crippen LogP contribution >= 0.6 is 0 Å². The summed E-state index contributed by atoms with van der Waals surface area (Å²) in [6, 6.07) is 0. The lowest BCUT2D eigenvalue weighted by atomic mass is 9.93. The summed E-state index contributed by atoms with van der Waals surface area (Å²) in [5, 5.41) is 3.56. The molecular weight excluding hydrogens is 236 g/mol. The van der Waals surface area contributed by atoms with Crippen LogP contribution in [0.4, 0.5) is 0 Å². The van der Waals surface area contributed by atoms with Crippen LogP contribution in [-0.4, -0.2) is 49.8 Å². The smallest absolute Gasteiger partial charge is 0.0593 e. The van der Waals surface area contributed by atoms with Gasteiger partial charge in [0.05, 0.1) is 13.2 Å². The van der Waals surface area contributed by atoms with Crippen molar-refractivity contribution in [2.24, 2.45) is 5.41 Å². The Morgan fingerprint density at radius 1 is 1.00 bits per heavy atom. The molecule has 0 amide bonds. The lowest BCUT2D eigenvalue weighted by molar-refractivity contribution is 0.0419. The van der Waals surface area contributed by atoms with Crippen LogP contribution in [0.5, 0.6) is 0 Å². The van der Waals surface area contributed by atoms with E-state index in [2.05, 4.69) is 44.8 Å². The SMILES string of the molecule is CC(C)(CNC(C)(C)C)COCCN1CCCCC1. The summed E-state index contributed by atoms with van der Waals surface area (Å²) < 4.78 is 5.88. The standard InChI is InChI=1S/C16H34N2O/c1-15(2,3)17-13-16(4,5)14-19-12-11-18-9-7-6-8-10-18/h17H,6-14H2,1-5H3. The third-order valence-electron chi connectivity index (χ3n) is 3.59. The van der Waals surface area contributed by atoms with Gasteiger partial charge in [0, 0.05) is 24.0 Å². The van der Waals surface area contributed by atoms with E-state index in [4.69, 9.17) is 4.74 Å². The van der Waals surface area contributed by atoms with Crippen LogP contribution in [0.25, 0.3) is 0 Å². The molecule has 1 rings (SSSR count). The van der Waals surface area contributed by atoms with Crippen LogP contribution in [0.15, 0.2) is 0 Å². The summed E-state index contributed by atoms with van der Waals surface area (Å²) >= 11 is 0. The number of piperidine rings is 1. The van der Waals surface area contributed by atoms with Gasteiger partial charge in [-0.15, -0.1) is 0 Å². The minimum atomic E-state index is 0.186. The molecule has 0 unspecified atom stereocenters. The first kappa shape index (κ1) is 16.9. The van der Waals surface area contributed by atoms with Gasteiger partial charge in [-0.3, -0.25) is 0 Å². The van der Waals surface area contributed by atoms with Gasteiger partial charge in [0.15, 0.2) is 0 Å². The van der Waals surface area contributed by atoms with Crippen LogP contribution in [-0.2, 0) is 4.74 Å². The number of rotatable bonds is 7. The Morgan fingerprint density at radius 2 is 1.63 bits per heavy atom. The first-order valence-corrected chi connectivity index (χ1v) is 7.84. The summed E-state index contributed by atoms with van der Waals surface area (Å²) in [6.07, 6.45) is 4.13. The van der Waals surface area contributed by atoms with E-state index in [-0.39, 0.29) is 11.0 Å². The van der Waals surface area contributed by atoms with Crippen molar-refractivity contribution in [1.82, 2.24) is 10.2 Å². The van der Waals surface area contributed by atoms with Crippen LogP contribution in [0.1, 0.15) is 53.9 Å². The Bertz CT molecular complexity index is 240. The molecule has 0 saturated carbocycles. The van der Waals surface area contributed by atoms with Crippen molar-refractivity contribution in [2.75, 3.05) is 39.4 Å². The number of nitrogens with zero attached hydrogens (tertiary/aromatic N) is 1. The highest BCUT2D eigenvalue weighted by Crippen LogP contribution is 2.16. The lowest BCUT2D eigenvalue weighted by Crippen LogP contribution is -2.43. The molecule has 0 aromatic carbocycles. The summed E-state index contributed by atoms with van der Waals surface area (Å²) in [7, 11) is 0. The fourth-order valence-corrected chi connectivity index (χ4v) is 2.28. The van der Waals surface area contributed by atoms with E-state index in [1.165, 1.54) is 32.4 Å². The van der Waals surface area contributed by atoms with Crippen LogP contribution in [0, 0.1) is 5.41 Å². The van der Waals surface area contributed by atoms with Gasteiger partial charge in [-0.25, -0.2) is 0 Å². The molecule has 3 nitrogen and oxygen atoms in total. The molecule has 1 heterocycles. The van der Waals surface area contributed by atoms with Crippen molar-refractivity contribution in [3.8, 4) is 0 Å². The maximum Gasteiger partial charge on any atom is 0.0593 e. The molecule has 0 radical (unpaired) electrons. The van der Waals surface area contributed by atoms with E-state index < -0.39 is 0 Å². The van der Waals surface area contributed by atoms with Crippen molar-refractivity contribution in [1.29, 1.82) is 0 Å². The number of nitrogens with one attached hydrogen (secondary N) is 1. The molecule has 0 spiro atoms. The highest BCUT2D eigenvalue weighted by molar-refractivity contribution is 4.78. The highest BCUT2D eigenvalue weighted by atomic mass is 16.5. The van der Waals surface area contributed by atoms with Crippen LogP contribution in [0.3, 0.4) is 0 Å². The van der Waals surface area contributed by atoms with Crippen molar-refractivity contribution in [3.63, 3.8) is 0 Å². The van der Waals surface area contributed by atoms with E-state index >= 15 is 0 Å². The Morgan fingerprint density at radius 3 is 2.21 bits per heavy atom. The highest BCUT2D eigenvalue weighted by Gasteiger charge is 2.21. The first-order chi connectivity index (χ1) is 8.79. The van der Waals surface area contributed by atoms with E-state index in [9.17, 15) is 0 Å². The van der Waals surface area contributed by atoms with E-state index in [1.54, 1.807) is 0 Å². The van der Waals surface area contributed by atoms with Gasteiger partial charge >= 0.3 is 0 Å². The topological polar surface area (TPSA) is 24.5 Å². The minimum Gasteiger partial charge on any atom is -0.380 e. The summed E-state index contributed by atoms with van der Waals surface area (Å²) in [5.74, 6) is 0. The van der Waals surface area contributed by atoms with Gasteiger partial charge in [0.1, 0.15) is 0 Å². The molecule has 3 heteroatoms. The van der Waals surface area contributed by atoms with E-state index in [1.807, 2.05) is 0 Å². The zero-order valence-corrected chi connectivity index (χ0v) is 13.7. The summed E-state index contributed by atoms with van der Waals surface area (Å²) in [5.41, 5.74) is 0.389. The van der Waals surface area contributed by atoms with Gasteiger partial charge in [-0.1, -0.05) is 20.3 Å². The Hall–Kier alpha value is -0.120. The van der Waals surface area contributed by atoms with E-state index in [0.29, 0.717) is 0 Å². The Kier molecular flexibility index (Phi) is 6.78.